The van der Waals surface area contributed by atoms with Crippen molar-refractivity contribution in [3.05, 3.63) is 114 Å². The molecule has 0 aliphatic heterocycles. The molecule has 0 bridgehead atoms. The Balaban J connectivity index is 1.53. The highest BCUT2D eigenvalue weighted by Crippen LogP contribution is 2.24. The van der Waals surface area contributed by atoms with Crippen LogP contribution in [0.2, 0.25) is 5.02 Å². The Hall–Kier alpha value is -3.37. The minimum atomic E-state index is -0.456. The van der Waals surface area contributed by atoms with Gasteiger partial charge >= 0.3 is 5.97 Å². The van der Waals surface area contributed by atoms with Gasteiger partial charge in [0.05, 0.1) is 18.4 Å². The zero-order valence-electron chi connectivity index (χ0n) is 15.6. The molecule has 0 amide bonds. The molecule has 5 heteroatoms. The fraction of sp³-hybridized carbons (Fsp3) is 0.0833. The van der Waals surface area contributed by atoms with E-state index in [1.807, 2.05) is 65.4 Å². The van der Waals surface area contributed by atoms with Crippen LogP contribution >= 0.6 is 11.6 Å². The van der Waals surface area contributed by atoms with Crippen molar-refractivity contribution in [2.45, 2.75) is 12.6 Å². The van der Waals surface area contributed by atoms with E-state index in [-0.39, 0.29) is 5.97 Å². The van der Waals surface area contributed by atoms with Crippen LogP contribution in [0.4, 0.5) is 0 Å². The van der Waals surface area contributed by atoms with Gasteiger partial charge in [-0.05, 0) is 41.0 Å². The van der Waals surface area contributed by atoms with Crippen LogP contribution in [0.3, 0.4) is 0 Å². The normalized spacial score (nSPS) is 11.8. The lowest BCUT2D eigenvalue weighted by molar-refractivity contribution is 0.0255. The predicted octanol–water partition coefficient (Wildman–Crippen LogP) is 5.80. The number of ether oxygens (including phenoxy) is 1. The van der Waals surface area contributed by atoms with Crippen molar-refractivity contribution in [2.24, 2.45) is 0 Å². The van der Waals surface area contributed by atoms with Gasteiger partial charge in [-0.3, -0.25) is 0 Å². The lowest BCUT2D eigenvalue weighted by atomic mass is 10.0. The molecule has 1 atom stereocenters. The summed E-state index contributed by atoms with van der Waals surface area (Å²) >= 11 is 6.00. The van der Waals surface area contributed by atoms with Gasteiger partial charge in [-0.25, -0.2) is 9.78 Å². The molecule has 0 aliphatic carbocycles. The first-order valence-corrected chi connectivity index (χ1v) is 9.64. The highest BCUT2D eigenvalue weighted by atomic mass is 35.5. The van der Waals surface area contributed by atoms with E-state index in [1.165, 1.54) is 0 Å². The highest BCUT2D eigenvalue weighted by molar-refractivity contribution is 6.30. The van der Waals surface area contributed by atoms with Crippen molar-refractivity contribution in [2.75, 3.05) is 0 Å². The molecule has 0 saturated heterocycles. The number of hydrogen-bond acceptors (Lipinski definition) is 3. The molecule has 1 aromatic heterocycles. The molecule has 0 radical (unpaired) electrons. The lowest BCUT2D eigenvalue weighted by Gasteiger charge is -2.19. The molecule has 0 aliphatic rings. The molecule has 0 N–H and O–H groups in total. The fourth-order valence-electron chi connectivity index (χ4n) is 3.10. The molecule has 1 heterocycles. The van der Waals surface area contributed by atoms with Crippen molar-refractivity contribution >= 4 is 17.6 Å². The predicted molar refractivity (Wildman–Crippen MR) is 114 cm³/mol. The van der Waals surface area contributed by atoms with Gasteiger partial charge in [-0.1, -0.05) is 66.2 Å². The largest absolute Gasteiger partial charge is 0.452 e. The molecular formula is C24H19ClN2O2. The smallest absolute Gasteiger partial charge is 0.338 e. The first kappa shape index (κ1) is 19.0. The van der Waals surface area contributed by atoms with Gasteiger partial charge in [0.1, 0.15) is 6.10 Å². The Morgan fingerprint density at radius 3 is 2.28 bits per heavy atom. The van der Waals surface area contributed by atoms with Gasteiger partial charge in [0, 0.05) is 17.4 Å². The third-order valence-electron chi connectivity index (χ3n) is 4.65. The van der Waals surface area contributed by atoms with Crippen molar-refractivity contribution in [1.29, 1.82) is 0 Å². The maximum absolute atomic E-state index is 12.8. The van der Waals surface area contributed by atoms with E-state index in [4.69, 9.17) is 16.3 Å². The van der Waals surface area contributed by atoms with Crippen LogP contribution in [-0.2, 0) is 11.3 Å². The summed E-state index contributed by atoms with van der Waals surface area (Å²) in [5.41, 5.74) is 3.54. The summed E-state index contributed by atoms with van der Waals surface area (Å²) < 4.78 is 7.73. The number of benzene rings is 3. The number of hydrogen-bond donors (Lipinski definition) is 0. The molecule has 29 heavy (non-hydrogen) atoms. The van der Waals surface area contributed by atoms with Gasteiger partial charge in [0.25, 0.3) is 0 Å². The van der Waals surface area contributed by atoms with Gasteiger partial charge in [0.15, 0.2) is 0 Å². The first-order chi connectivity index (χ1) is 14.2. The molecule has 4 nitrogen and oxygen atoms in total. The maximum atomic E-state index is 12.8. The summed E-state index contributed by atoms with van der Waals surface area (Å²) in [5.74, 6) is -0.371. The molecule has 3 aromatic carbocycles. The van der Waals surface area contributed by atoms with E-state index < -0.39 is 6.10 Å². The summed E-state index contributed by atoms with van der Waals surface area (Å²) in [6.45, 7) is 0.468. The van der Waals surface area contributed by atoms with Gasteiger partial charge in [0.2, 0.25) is 0 Å². The molecule has 0 spiro atoms. The molecule has 4 aromatic rings. The number of aromatic nitrogens is 2. The van der Waals surface area contributed by atoms with Crippen molar-refractivity contribution in [3.63, 3.8) is 0 Å². The number of halogens is 1. The van der Waals surface area contributed by atoms with Crippen molar-refractivity contribution in [3.8, 4) is 11.1 Å². The van der Waals surface area contributed by atoms with Crippen LogP contribution in [0.1, 0.15) is 22.0 Å². The summed E-state index contributed by atoms with van der Waals surface area (Å²) in [6, 6.07) is 24.8. The average Bonchev–Trinajstić information content (AvgIpc) is 3.28. The van der Waals surface area contributed by atoms with E-state index in [1.54, 1.807) is 36.8 Å². The van der Waals surface area contributed by atoms with Crippen LogP contribution in [0.25, 0.3) is 11.1 Å². The number of nitrogens with zero attached hydrogens (tertiary/aromatic N) is 2. The monoisotopic (exact) mass is 402 g/mol. The first-order valence-electron chi connectivity index (χ1n) is 9.27. The van der Waals surface area contributed by atoms with Crippen LogP contribution in [0.15, 0.2) is 97.6 Å². The summed E-state index contributed by atoms with van der Waals surface area (Å²) in [5, 5.41) is 0.637. The van der Waals surface area contributed by atoms with Gasteiger partial charge in [-0.2, -0.15) is 0 Å². The standard InChI is InChI=1S/C24H19ClN2O2/c25-22-12-10-20(11-13-22)23(16-27-15-14-26-17-27)29-24(28)21-8-6-19(7-9-21)18-4-2-1-3-5-18/h1-15,17,23H,16H2/t23-/m0/s1. The van der Waals surface area contributed by atoms with Gasteiger partial charge in [-0.15, -0.1) is 0 Å². The number of esters is 1. The quantitative estimate of drug-likeness (QED) is 0.383. The Bertz CT molecular complexity index is 1060. The number of rotatable bonds is 6. The van der Waals surface area contributed by atoms with Gasteiger partial charge < -0.3 is 9.30 Å². The topological polar surface area (TPSA) is 44.1 Å². The van der Waals surface area contributed by atoms with E-state index in [0.29, 0.717) is 17.1 Å². The molecular weight excluding hydrogens is 384 g/mol. The van der Waals surface area contributed by atoms with Crippen molar-refractivity contribution in [1.82, 2.24) is 9.55 Å². The molecule has 4 rings (SSSR count). The fourth-order valence-corrected chi connectivity index (χ4v) is 3.23. The summed E-state index contributed by atoms with van der Waals surface area (Å²) in [7, 11) is 0. The Kier molecular flexibility index (Phi) is 5.73. The Morgan fingerprint density at radius 1 is 0.931 bits per heavy atom. The second-order valence-electron chi connectivity index (χ2n) is 6.65. The zero-order chi connectivity index (χ0) is 20.1. The van der Waals surface area contributed by atoms with E-state index in [2.05, 4.69) is 4.98 Å². The van der Waals surface area contributed by atoms with E-state index in [0.717, 1.165) is 16.7 Å². The Labute approximate surface area is 174 Å². The van der Waals surface area contributed by atoms with E-state index in [9.17, 15) is 4.79 Å². The maximum Gasteiger partial charge on any atom is 0.338 e. The second-order valence-corrected chi connectivity index (χ2v) is 7.08. The molecule has 0 unspecified atom stereocenters. The highest BCUT2D eigenvalue weighted by Gasteiger charge is 2.19. The van der Waals surface area contributed by atoms with Crippen LogP contribution in [0.5, 0.6) is 0 Å². The van der Waals surface area contributed by atoms with E-state index >= 15 is 0 Å². The lowest BCUT2D eigenvalue weighted by Crippen LogP contribution is -2.16. The van der Waals surface area contributed by atoms with Crippen LogP contribution in [0, 0.1) is 0 Å². The number of imidazole rings is 1. The number of carbonyl (C=O) groups is 1. The van der Waals surface area contributed by atoms with Crippen molar-refractivity contribution < 1.29 is 9.53 Å². The zero-order valence-corrected chi connectivity index (χ0v) is 16.4. The van der Waals surface area contributed by atoms with Crippen LogP contribution < -0.4 is 0 Å². The molecule has 0 saturated carbocycles. The average molecular weight is 403 g/mol. The third kappa shape index (κ3) is 4.73. The summed E-state index contributed by atoms with van der Waals surface area (Å²) in [4.78, 5) is 16.9. The molecule has 0 fully saturated rings. The third-order valence-corrected chi connectivity index (χ3v) is 4.91. The minimum Gasteiger partial charge on any atom is -0.452 e. The summed E-state index contributed by atoms with van der Waals surface area (Å²) in [6.07, 6.45) is 4.78. The van der Waals surface area contributed by atoms with Crippen LogP contribution in [-0.4, -0.2) is 15.5 Å². The second kappa shape index (κ2) is 8.76. The number of carbonyl (C=O) groups excluding carboxylic acids is 1. The SMILES string of the molecule is O=C(O[C@@H](Cn1ccnc1)c1ccc(Cl)cc1)c1ccc(-c2ccccc2)cc1. The molecule has 144 valence electrons. The Morgan fingerprint density at radius 2 is 1.62 bits per heavy atom. The minimum absolute atomic E-state index is 0.371.